The Kier molecular flexibility index (Phi) is 63.1. The van der Waals surface area contributed by atoms with Crippen LogP contribution in [0.3, 0.4) is 0 Å². The minimum Gasteiger partial charge on any atom is -0.462 e. The van der Waals surface area contributed by atoms with Crippen molar-refractivity contribution < 1.29 is 28.6 Å². The fourth-order valence-electron chi connectivity index (χ4n) is 10.2. The van der Waals surface area contributed by atoms with Crippen molar-refractivity contribution in [1.82, 2.24) is 0 Å². The van der Waals surface area contributed by atoms with Gasteiger partial charge in [0, 0.05) is 19.3 Å². The monoisotopic (exact) mass is 1070 g/mol. The molecule has 0 aromatic heterocycles. The highest BCUT2D eigenvalue weighted by atomic mass is 16.6. The quantitative estimate of drug-likeness (QED) is 0.0261. The van der Waals surface area contributed by atoms with E-state index in [1.54, 1.807) is 0 Å². The van der Waals surface area contributed by atoms with Crippen molar-refractivity contribution >= 4 is 17.9 Å². The van der Waals surface area contributed by atoms with Gasteiger partial charge in [-0.15, -0.1) is 0 Å². The normalized spacial score (nSPS) is 12.2. The Balaban J connectivity index is 4.26. The zero-order valence-electron chi connectivity index (χ0n) is 51.3. The Morgan fingerprint density at radius 3 is 0.737 bits per heavy atom. The molecule has 1 atom stereocenters. The van der Waals surface area contributed by atoms with E-state index in [0.29, 0.717) is 19.3 Å². The molecule has 76 heavy (non-hydrogen) atoms. The van der Waals surface area contributed by atoms with Gasteiger partial charge in [-0.05, 0) is 77.0 Å². The van der Waals surface area contributed by atoms with Gasteiger partial charge >= 0.3 is 17.9 Å². The average molecular weight is 1070 g/mol. The number of esters is 3. The van der Waals surface area contributed by atoms with E-state index in [9.17, 15) is 14.4 Å². The summed E-state index contributed by atoms with van der Waals surface area (Å²) < 4.78 is 17.0. The van der Waals surface area contributed by atoms with Gasteiger partial charge in [0.25, 0.3) is 0 Å². The van der Waals surface area contributed by atoms with Crippen LogP contribution >= 0.6 is 0 Å². The molecule has 0 fully saturated rings. The molecule has 0 aliphatic heterocycles. The molecule has 0 N–H and O–H groups in total. The lowest BCUT2D eigenvalue weighted by molar-refractivity contribution is -0.167. The minimum atomic E-state index is -0.773. The third-order valence-corrected chi connectivity index (χ3v) is 15.4. The second-order valence-electron chi connectivity index (χ2n) is 23.1. The first-order valence-electron chi connectivity index (χ1n) is 34.0. The lowest BCUT2D eigenvalue weighted by atomic mass is 10.0. The summed E-state index contributed by atoms with van der Waals surface area (Å²) in [5.41, 5.74) is 0. The van der Waals surface area contributed by atoms with Crippen molar-refractivity contribution in [2.45, 2.75) is 380 Å². The maximum absolute atomic E-state index is 12.9. The average Bonchev–Trinajstić information content (AvgIpc) is 3.42. The zero-order chi connectivity index (χ0) is 55.0. The van der Waals surface area contributed by atoms with E-state index in [1.165, 1.54) is 263 Å². The standard InChI is InChI=1S/C70H130O6/c1-4-7-10-13-16-19-22-25-28-30-32-33-34-35-36-37-39-40-42-45-48-51-54-57-60-63-69(72)75-66-67(65-74-68(71)62-59-56-53-50-47-44-27-24-21-18-15-12-9-6-3)76-70(73)64-61-58-55-52-49-46-43-41-38-31-29-26-23-20-17-14-11-8-5-2/h22,24-25,27,30,32,67H,4-21,23,26,28-29,31,33-66H2,1-3H3/b25-22-,27-24-,32-30-. The Bertz CT molecular complexity index is 1270. The van der Waals surface area contributed by atoms with Crippen LogP contribution in [0.4, 0.5) is 0 Å². The number of allylic oxidation sites excluding steroid dienone is 6. The molecule has 0 amide bonds. The molecule has 0 aliphatic carbocycles. The minimum absolute atomic E-state index is 0.0703. The van der Waals surface area contributed by atoms with Crippen molar-refractivity contribution in [1.29, 1.82) is 0 Å². The van der Waals surface area contributed by atoms with Gasteiger partial charge in [0.2, 0.25) is 0 Å². The fraction of sp³-hybridized carbons (Fsp3) is 0.871. The van der Waals surface area contributed by atoms with Crippen molar-refractivity contribution in [2.24, 2.45) is 0 Å². The maximum atomic E-state index is 12.9. The molecule has 6 nitrogen and oxygen atoms in total. The fourth-order valence-corrected chi connectivity index (χ4v) is 10.2. The Morgan fingerprint density at radius 2 is 0.474 bits per heavy atom. The molecule has 446 valence electrons. The summed E-state index contributed by atoms with van der Waals surface area (Å²) in [4.78, 5) is 38.4. The van der Waals surface area contributed by atoms with Crippen molar-refractivity contribution in [3.8, 4) is 0 Å². The van der Waals surface area contributed by atoms with E-state index in [0.717, 1.165) is 70.6 Å². The summed E-state index contributed by atoms with van der Waals surface area (Å²) in [6.07, 6.45) is 80.2. The van der Waals surface area contributed by atoms with Gasteiger partial charge in [0.05, 0.1) is 0 Å². The maximum Gasteiger partial charge on any atom is 0.306 e. The molecule has 0 rings (SSSR count). The lowest BCUT2D eigenvalue weighted by Gasteiger charge is -2.18. The molecule has 0 aromatic carbocycles. The topological polar surface area (TPSA) is 78.9 Å². The van der Waals surface area contributed by atoms with Crippen LogP contribution in [0.5, 0.6) is 0 Å². The highest BCUT2D eigenvalue weighted by Gasteiger charge is 2.19. The number of unbranched alkanes of at least 4 members (excludes halogenated alkanes) is 46. The third-order valence-electron chi connectivity index (χ3n) is 15.4. The van der Waals surface area contributed by atoms with Crippen LogP contribution in [0.2, 0.25) is 0 Å². The first-order valence-corrected chi connectivity index (χ1v) is 34.0. The van der Waals surface area contributed by atoms with Gasteiger partial charge in [0.1, 0.15) is 13.2 Å². The summed E-state index contributed by atoms with van der Waals surface area (Å²) in [5.74, 6) is -0.852. The summed E-state index contributed by atoms with van der Waals surface area (Å²) in [6, 6.07) is 0. The molecule has 0 saturated heterocycles. The SMILES string of the molecule is CCCCCCC/C=C\C/C=C\CCCCCCCCCCCCCCCC(=O)OCC(COC(=O)CCCCCCC/C=C\CCCCCCC)OC(=O)CCCCCCCCCCCCCCCCCCCCC. The van der Waals surface area contributed by atoms with Crippen LogP contribution < -0.4 is 0 Å². The Morgan fingerprint density at radius 1 is 0.263 bits per heavy atom. The highest BCUT2D eigenvalue weighted by Crippen LogP contribution is 2.18. The van der Waals surface area contributed by atoms with E-state index < -0.39 is 6.10 Å². The first-order chi connectivity index (χ1) is 37.5. The molecule has 0 saturated carbocycles. The molecule has 0 radical (unpaired) electrons. The zero-order valence-corrected chi connectivity index (χ0v) is 51.3. The molecule has 0 heterocycles. The van der Waals surface area contributed by atoms with Crippen LogP contribution in [0, 0.1) is 0 Å². The van der Waals surface area contributed by atoms with Gasteiger partial charge in [-0.1, -0.05) is 314 Å². The summed E-state index contributed by atoms with van der Waals surface area (Å²) in [7, 11) is 0. The Hall–Kier alpha value is -2.37. The third kappa shape index (κ3) is 62.5. The molecule has 6 heteroatoms. The van der Waals surface area contributed by atoms with E-state index in [2.05, 4.69) is 57.2 Å². The van der Waals surface area contributed by atoms with Gasteiger partial charge in [-0.25, -0.2) is 0 Å². The number of hydrogen-bond acceptors (Lipinski definition) is 6. The number of hydrogen-bond donors (Lipinski definition) is 0. The van der Waals surface area contributed by atoms with Crippen molar-refractivity contribution in [3.63, 3.8) is 0 Å². The molecule has 0 aromatic rings. The lowest BCUT2D eigenvalue weighted by Crippen LogP contribution is -2.30. The van der Waals surface area contributed by atoms with Gasteiger partial charge in [-0.2, -0.15) is 0 Å². The smallest absolute Gasteiger partial charge is 0.306 e. The molecular weight excluding hydrogens is 937 g/mol. The van der Waals surface area contributed by atoms with Gasteiger partial charge < -0.3 is 14.2 Å². The number of rotatable bonds is 63. The van der Waals surface area contributed by atoms with Gasteiger partial charge in [0.15, 0.2) is 6.10 Å². The highest BCUT2D eigenvalue weighted by molar-refractivity contribution is 5.71. The first kappa shape index (κ1) is 73.6. The molecule has 1 unspecified atom stereocenters. The van der Waals surface area contributed by atoms with Crippen molar-refractivity contribution in [2.75, 3.05) is 13.2 Å². The van der Waals surface area contributed by atoms with Crippen molar-refractivity contribution in [3.05, 3.63) is 36.5 Å². The number of carbonyl (C=O) groups excluding carboxylic acids is 3. The van der Waals surface area contributed by atoms with Crippen LogP contribution in [-0.4, -0.2) is 37.2 Å². The van der Waals surface area contributed by atoms with Crippen LogP contribution in [0.25, 0.3) is 0 Å². The predicted molar refractivity (Wildman–Crippen MR) is 330 cm³/mol. The molecule has 0 aliphatic rings. The summed E-state index contributed by atoms with van der Waals surface area (Å²) in [5, 5.41) is 0. The van der Waals surface area contributed by atoms with Crippen LogP contribution in [0.15, 0.2) is 36.5 Å². The van der Waals surface area contributed by atoms with Gasteiger partial charge in [-0.3, -0.25) is 14.4 Å². The predicted octanol–water partition coefficient (Wildman–Crippen LogP) is 23.2. The van der Waals surface area contributed by atoms with Crippen LogP contribution in [0.1, 0.15) is 374 Å². The summed E-state index contributed by atoms with van der Waals surface area (Å²) >= 11 is 0. The van der Waals surface area contributed by atoms with E-state index in [1.807, 2.05) is 0 Å². The van der Waals surface area contributed by atoms with Crippen LogP contribution in [-0.2, 0) is 28.6 Å². The largest absolute Gasteiger partial charge is 0.462 e. The number of ether oxygens (including phenoxy) is 3. The van der Waals surface area contributed by atoms with E-state index in [-0.39, 0.29) is 31.1 Å². The second kappa shape index (κ2) is 65.2. The number of carbonyl (C=O) groups is 3. The van der Waals surface area contributed by atoms with E-state index in [4.69, 9.17) is 14.2 Å². The summed E-state index contributed by atoms with van der Waals surface area (Å²) in [6.45, 7) is 6.68. The molecular formula is C70H130O6. The molecule has 0 spiro atoms. The Labute approximate surface area is 474 Å². The molecule has 0 bridgehead atoms. The second-order valence-corrected chi connectivity index (χ2v) is 23.1. The van der Waals surface area contributed by atoms with E-state index >= 15 is 0 Å².